The molecule has 0 saturated heterocycles. The van der Waals surface area contributed by atoms with Crippen LogP contribution in [0, 0.1) is 0 Å². The van der Waals surface area contributed by atoms with Gasteiger partial charge >= 0.3 is 0 Å². The van der Waals surface area contributed by atoms with Gasteiger partial charge in [-0.05, 0) is 25.0 Å². The summed E-state index contributed by atoms with van der Waals surface area (Å²) in [4.78, 5) is 21.4. The Kier molecular flexibility index (Phi) is 5.17. The van der Waals surface area contributed by atoms with Crippen LogP contribution in [0.4, 0.5) is 0 Å². The molecular formula is C19H19BrN4OS. The van der Waals surface area contributed by atoms with E-state index in [0.29, 0.717) is 6.54 Å². The van der Waals surface area contributed by atoms with Crippen molar-refractivity contribution < 1.29 is 4.79 Å². The van der Waals surface area contributed by atoms with Crippen molar-refractivity contribution in [1.82, 2.24) is 19.9 Å². The van der Waals surface area contributed by atoms with Crippen LogP contribution in [0.2, 0.25) is 0 Å². The topological polar surface area (TPSA) is 59.8 Å². The fourth-order valence-electron chi connectivity index (χ4n) is 3.12. The molecule has 0 spiro atoms. The van der Waals surface area contributed by atoms with Crippen LogP contribution in [-0.2, 0) is 30.7 Å². The highest BCUT2D eigenvalue weighted by Gasteiger charge is 2.13. The minimum Gasteiger partial charge on any atom is -0.350 e. The van der Waals surface area contributed by atoms with Gasteiger partial charge in [-0.3, -0.25) is 4.79 Å². The fourth-order valence-corrected chi connectivity index (χ4v) is 4.33. The molecule has 0 atom stereocenters. The van der Waals surface area contributed by atoms with Gasteiger partial charge in [-0.1, -0.05) is 28.1 Å². The maximum Gasteiger partial charge on any atom is 0.226 e. The van der Waals surface area contributed by atoms with Crippen molar-refractivity contribution in [2.75, 3.05) is 0 Å². The molecule has 1 aliphatic rings. The van der Waals surface area contributed by atoms with Gasteiger partial charge in [0.2, 0.25) is 5.91 Å². The Morgan fingerprint density at radius 1 is 1.27 bits per heavy atom. The Morgan fingerprint density at radius 2 is 2.19 bits per heavy atom. The number of nitrogens with zero attached hydrogens (tertiary/aromatic N) is 3. The third-order valence-electron chi connectivity index (χ3n) is 4.39. The zero-order valence-electron chi connectivity index (χ0n) is 14.2. The minimum absolute atomic E-state index is 0.0259. The molecule has 1 amide bonds. The first kappa shape index (κ1) is 17.4. The van der Waals surface area contributed by atoms with Crippen molar-refractivity contribution in [3.05, 3.63) is 57.5 Å². The number of hydrogen-bond donors (Lipinski definition) is 1. The van der Waals surface area contributed by atoms with Gasteiger partial charge < -0.3 is 9.88 Å². The van der Waals surface area contributed by atoms with Gasteiger partial charge in [0.1, 0.15) is 10.8 Å². The SMILES string of the molecule is O=C(Cc1csc(-c2cccc(Br)c2)n1)NCc1cn2c(n1)CCCC2. The van der Waals surface area contributed by atoms with Gasteiger partial charge in [0, 0.05) is 34.6 Å². The van der Waals surface area contributed by atoms with Crippen molar-refractivity contribution in [3.63, 3.8) is 0 Å². The molecule has 0 bridgehead atoms. The Labute approximate surface area is 164 Å². The summed E-state index contributed by atoms with van der Waals surface area (Å²) in [5.74, 6) is 1.11. The van der Waals surface area contributed by atoms with Crippen LogP contribution in [0.15, 0.2) is 40.3 Å². The second kappa shape index (κ2) is 7.72. The highest BCUT2D eigenvalue weighted by molar-refractivity contribution is 9.10. The molecule has 0 unspecified atom stereocenters. The molecule has 3 heterocycles. The van der Waals surface area contributed by atoms with E-state index < -0.39 is 0 Å². The molecule has 0 saturated carbocycles. The van der Waals surface area contributed by atoms with Gasteiger partial charge in [-0.25, -0.2) is 9.97 Å². The number of halogens is 1. The number of nitrogens with one attached hydrogen (secondary N) is 1. The Morgan fingerprint density at radius 3 is 3.04 bits per heavy atom. The first-order valence-electron chi connectivity index (χ1n) is 8.69. The molecule has 5 nitrogen and oxygen atoms in total. The summed E-state index contributed by atoms with van der Waals surface area (Å²) in [5, 5.41) is 5.83. The third kappa shape index (κ3) is 4.04. The largest absolute Gasteiger partial charge is 0.350 e. The number of benzene rings is 1. The van der Waals surface area contributed by atoms with E-state index in [2.05, 4.69) is 42.0 Å². The van der Waals surface area contributed by atoms with E-state index in [9.17, 15) is 4.79 Å². The van der Waals surface area contributed by atoms with E-state index in [0.717, 1.165) is 45.2 Å². The molecule has 4 rings (SSSR count). The van der Waals surface area contributed by atoms with E-state index in [1.165, 1.54) is 12.8 Å². The van der Waals surface area contributed by atoms with Crippen molar-refractivity contribution in [2.24, 2.45) is 0 Å². The van der Waals surface area contributed by atoms with Crippen LogP contribution in [0.5, 0.6) is 0 Å². The molecule has 0 radical (unpaired) electrons. The number of fused-ring (bicyclic) bond motifs is 1. The number of carbonyl (C=O) groups is 1. The number of aryl methyl sites for hydroxylation is 2. The predicted octanol–water partition coefficient (Wildman–Crippen LogP) is 3.96. The summed E-state index contributed by atoms with van der Waals surface area (Å²) in [6.45, 7) is 1.51. The first-order chi connectivity index (χ1) is 12.7. The Bertz CT molecular complexity index is 910. The van der Waals surface area contributed by atoms with Gasteiger partial charge in [-0.15, -0.1) is 11.3 Å². The molecule has 3 aromatic rings. The Balaban J connectivity index is 1.34. The summed E-state index contributed by atoms with van der Waals surface area (Å²) in [6.07, 6.45) is 5.79. The first-order valence-corrected chi connectivity index (χ1v) is 10.4. The molecule has 1 aliphatic heterocycles. The zero-order valence-corrected chi connectivity index (χ0v) is 16.6. The number of thiazole rings is 1. The number of hydrogen-bond acceptors (Lipinski definition) is 4. The second-order valence-electron chi connectivity index (χ2n) is 6.41. The monoisotopic (exact) mass is 430 g/mol. The lowest BCUT2D eigenvalue weighted by molar-refractivity contribution is -0.120. The van der Waals surface area contributed by atoms with Crippen LogP contribution >= 0.6 is 27.3 Å². The molecule has 26 heavy (non-hydrogen) atoms. The number of aromatic nitrogens is 3. The maximum atomic E-state index is 12.2. The van der Waals surface area contributed by atoms with Crippen molar-refractivity contribution in [3.8, 4) is 10.6 Å². The molecular weight excluding hydrogens is 412 g/mol. The lowest BCUT2D eigenvalue weighted by Gasteiger charge is -2.11. The smallest absolute Gasteiger partial charge is 0.226 e. The van der Waals surface area contributed by atoms with Gasteiger partial charge in [0.15, 0.2) is 0 Å². The summed E-state index contributed by atoms with van der Waals surface area (Å²) < 4.78 is 3.22. The summed E-state index contributed by atoms with van der Waals surface area (Å²) >= 11 is 5.03. The van der Waals surface area contributed by atoms with E-state index in [1.807, 2.05) is 29.6 Å². The minimum atomic E-state index is -0.0259. The standard InChI is InChI=1S/C19H19BrN4OS/c20-14-5-3-4-13(8-14)19-23-15(12-26-19)9-18(25)21-10-16-11-24-7-2-1-6-17(24)22-16/h3-5,8,11-12H,1-2,6-7,9-10H2,(H,21,25). The van der Waals surface area contributed by atoms with Gasteiger partial charge in [-0.2, -0.15) is 0 Å². The summed E-state index contributed by atoms with van der Waals surface area (Å²) in [6, 6.07) is 8.02. The lowest BCUT2D eigenvalue weighted by atomic mass is 10.2. The van der Waals surface area contributed by atoms with Crippen molar-refractivity contribution in [1.29, 1.82) is 0 Å². The molecule has 7 heteroatoms. The normalized spacial score (nSPS) is 13.4. The van der Waals surface area contributed by atoms with Crippen LogP contribution in [0.25, 0.3) is 10.6 Å². The lowest BCUT2D eigenvalue weighted by Crippen LogP contribution is -2.24. The predicted molar refractivity (Wildman–Crippen MR) is 106 cm³/mol. The molecule has 134 valence electrons. The average molecular weight is 431 g/mol. The Hall–Kier alpha value is -1.99. The van der Waals surface area contributed by atoms with E-state index in [-0.39, 0.29) is 12.3 Å². The number of imidazole rings is 1. The zero-order chi connectivity index (χ0) is 17.9. The molecule has 2 aromatic heterocycles. The highest BCUT2D eigenvalue weighted by atomic mass is 79.9. The van der Waals surface area contributed by atoms with Crippen molar-refractivity contribution >= 4 is 33.2 Å². The van der Waals surface area contributed by atoms with Gasteiger partial charge in [0.05, 0.1) is 24.4 Å². The van der Waals surface area contributed by atoms with Crippen molar-refractivity contribution in [2.45, 2.75) is 38.8 Å². The molecule has 0 fully saturated rings. The number of rotatable bonds is 5. The highest BCUT2D eigenvalue weighted by Crippen LogP contribution is 2.26. The van der Waals surface area contributed by atoms with E-state index in [4.69, 9.17) is 0 Å². The van der Waals surface area contributed by atoms with E-state index in [1.54, 1.807) is 11.3 Å². The summed E-state index contributed by atoms with van der Waals surface area (Å²) in [5.41, 5.74) is 2.79. The van der Waals surface area contributed by atoms with Crippen LogP contribution < -0.4 is 5.32 Å². The molecule has 1 N–H and O–H groups in total. The maximum absolute atomic E-state index is 12.2. The number of carbonyl (C=O) groups excluding carboxylic acids is 1. The second-order valence-corrected chi connectivity index (χ2v) is 8.18. The number of amides is 1. The van der Waals surface area contributed by atoms with Crippen LogP contribution in [-0.4, -0.2) is 20.4 Å². The average Bonchev–Trinajstić information content (AvgIpc) is 3.26. The quantitative estimate of drug-likeness (QED) is 0.665. The third-order valence-corrected chi connectivity index (χ3v) is 5.82. The fraction of sp³-hybridized carbons (Fsp3) is 0.316. The molecule has 0 aliphatic carbocycles. The summed E-state index contributed by atoms with van der Waals surface area (Å²) in [7, 11) is 0. The molecule has 1 aromatic carbocycles. The van der Waals surface area contributed by atoms with Crippen LogP contribution in [0.1, 0.15) is 30.1 Å². The van der Waals surface area contributed by atoms with Gasteiger partial charge in [0.25, 0.3) is 0 Å². The van der Waals surface area contributed by atoms with E-state index >= 15 is 0 Å². The van der Waals surface area contributed by atoms with Crippen LogP contribution in [0.3, 0.4) is 0 Å².